The van der Waals surface area contributed by atoms with Gasteiger partial charge in [-0.1, -0.05) is 74.3 Å². The van der Waals surface area contributed by atoms with E-state index in [1.54, 1.807) is 11.3 Å². The Morgan fingerprint density at radius 1 is 0.871 bits per heavy atom. The molecule has 2 aromatic carbocycles. The summed E-state index contributed by atoms with van der Waals surface area (Å²) in [5.41, 5.74) is 2.78. The summed E-state index contributed by atoms with van der Waals surface area (Å²) in [6.07, 6.45) is 5.03. The van der Waals surface area contributed by atoms with E-state index >= 15 is 0 Å². The van der Waals surface area contributed by atoms with Gasteiger partial charge < -0.3 is 0 Å². The molecule has 2 aromatic heterocycles. The maximum absolute atomic E-state index is 12.9. The molecule has 1 unspecified atom stereocenters. The van der Waals surface area contributed by atoms with E-state index in [2.05, 4.69) is 60.0 Å². The van der Waals surface area contributed by atoms with Crippen LogP contribution in [0.4, 0.5) is 13.2 Å². The summed E-state index contributed by atoms with van der Waals surface area (Å²) >= 11 is 1.76. The lowest BCUT2D eigenvalue weighted by Gasteiger charge is -2.09. The first kappa shape index (κ1) is 20.1. The second-order valence-corrected chi connectivity index (χ2v) is 10.4. The smallest absolute Gasteiger partial charge is 0.166 e. The largest absolute Gasteiger partial charge is 0.416 e. The molecule has 0 aliphatic heterocycles. The van der Waals surface area contributed by atoms with Gasteiger partial charge in [-0.05, 0) is 58.1 Å². The molecule has 2 heterocycles. The second kappa shape index (κ2) is 8.03. The Bertz CT molecular complexity index is 1260. The van der Waals surface area contributed by atoms with Crippen LogP contribution in [0.15, 0.2) is 78.2 Å². The van der Waals surface area contributed by atoms with Gasteiger partial charge >= 0.3 is 6.18 Å². The van der Waals surface area contributed by atoms with Crippen molar-refractivity contribution in [3.8, 4) is 15.5 Å². The third-order valence-electron chi connectivity index (χ3n) is 5.40. The molecule has 5 rings (SSSR count). The minimum atomic E-state index is -4.32. The normalized spacial score (nSPS) is 13.8. The van der Waals surface area contributed by atoms with E-state index in [1.165, 1.54) is 44.0 Å². The Hall–Kier alpha value is -2.81. The van der Waals surface area contributed by atoms with Gasteiger partial charge in [0.25, 0.3) is 0 Å². The second-order valence-electron chi connectivity index (χ2n) is 7.33. The van der Waals surface area contributed by atoms with E-state index in [-0.39, 0.29) is 0 Å². The van der Waals surface area contributed by atoms with Crippen molar-refractivity contribution in [2.75, 3.05) is 0 Å². The van der Waals surface area contributed by atoms with Crippen LogP contribution in [-0.2, 0) is 12.6 Å². The molecule has 0 radical (unpaired) electrons. The summed E-state index contributed by atoms with van der Waals surface area (Å²) in [5.74, 6) is 0. The van der Waals surface area contributed by atoms with Crippen molar-refractivity contribution in [1.82, 2.24) is 0 Å². The van der Waals surface area contributed by atoms with Crippen molar-refractivity contribution in [3.63, 3.8) is 0 Å². The molecular weight excluding hydrogens is 432 g/mol. The molecule has 5 heteroatoms. The molecule has 0 N–H and O–H groups in total. The van der Waals surface area contributed by atoms with Crippen LogP contribution in [0.1, 0.15) is 27.5 Å². The maximum atomic E-state index is 12.9. The summed E-state index contributed by atoms with van der Waals surface area (Å²) in [4.78, 5) is 1.30. The van der Waals surface area contributed by atoms with Crippen molar-refractivity contribution in [3.05, 3.63) is 106 Å². The summed E-state index contributed by atoms with van der Waals surface area (Å²) in [6, 6.07) is 20.1. The highest BCUT2D eigenvalue weighted by Gasteiger charge is 2.30. The summed E-state index contributed by atoms with van der Waals surface area (Å²) in [7, 11) is -0.720. The van der Waals surface area contributed by atoms with E-state index in [0.717, 1.165) is 24.1 Å². The molecule has 154 valence electrons. The van der Waals surface area contributed by atoms with Crippen LogP contribution in [0.25, 0.3) is 33.7 Å². The van der Waals surface area contributed by atoms with Gasteiger partial charge in [0, 0.05) is 15.5 Å². The third kappa shape index (κ3) is 3.82. The first-order valence-corrected chi connectivity index (χ1v) is 12.1. The van der Waals surface area contributed by atoms with Gasteiger partial charge in [-0.2, -0.15) is 13.2 Å². The van der Waals surface area contributed by atoms with Gasteiger partial charge in [0.1, 0.15) is 0 Å². The van der Waals surface area contributed by atoms with Crippen molar-refractivity contribution in [2.45, 2.75) is 12.6 Å². The molecule has 0 nitrogen and oxygen atoms in total. The van der Waals surface area contributed by atoms with Crippen LogP contribution in [0, 0.1) is 0 Å². The monoisotopic (exact) mass is 450 g/mol. The van der Waals surface area contributed by atoms with Gasteiger partial charge in [0.2, 0.25) is 0 Å². The average molecular weight is 450 g/mol. The predicted molar refractivity (Wildman–Crippen MR) is 127 cm³/mol. The van der Waals surface area contributed by atoms with Gasteiger partial charge in [-0.3, -0.25) is 0 Å². The highest BCUT2D eigenvalue weighted by atomic mass is 32.1. The third-order valence-corrected chi connectivity index (χ3v) is 9.08. The van der Waals surface area contributed by atoms with Crippen molar-refractivity contribution in [2.24, 2.45) is 0 Å². The van der Waals surface area contributed by atoms with Crippen LogP contribution in [0.5, 0.6) is 0 Å². The number of halogens is 3. The Labute approximate surface area is 184 Å². The van der Waals surface area contributed by atoms with E-state index in [0.29, 0.717) is 0 Å². The number of hydrogen-bond acceptors (Lipinski definition) is 1. The Kier molecular flexibility index (Phi) is 5.21. The first-order chi connectivity index (χ1) is 15.0. The lowest BCUT2D eigenvalue weighted by atomic mass is 10.1. The molecule has 31 heavy (non-hydrogen) atoms. The number of hydrogen-bond donors (Lipinski definition) is 0. The highest BCUT2D eigenvalue weighted by Crippen LogP contribution is 2.59. The lowest BCUT2D eigenvalue weighted by Crippen LogP contribution is -2.03. The van der Waals surface area contributed by atoms with Crippen LogP contribution in [0.2, 0.25) is 0 Å². The molecule has 0 spiro atoms. The van der Waals surface area contributed by atoms with Crippen LogP contribution in [-0.4, -0.2) is 0 Å². The van der Waals surface area contributed by atoms with Gasteiger partial charge in [-0.25, -0.2) is 0 Å². The summed E-state index contributed by atoms with van der Waals surface area (Å²) in [5, 5.41) is 6.06. The Balaban J connectivity index is 1.64. The van der Waals surface area contributed by atoms with Gasteiger partial charge in [-0.15, -0.1) is 11.3 Å². The zero-order chi connectivity index (χ0) is 21.4. The fraction of sp³-hybridized carbons (Fsp3) is 0.0769. The molecule has 1 atom stereocenters. The number of benzene rings is 2. The van der Waals surface area contributed by atoms with E-state index < -0.39 is 19.3 Å². The van der Waals surface area contributed by atoms with E-state index in [9.17, 15) is 13.2 Å². The average Bonchev–Trinajstić information content (AvgIpc) is 3.50. The van der Waals surface area contributed by atoms with E-state index in [1.807, 2.05) is 12.1 Å². The van der Waals surface area contributed by atoms with Crippen molar-refractivity contribution in [1.29, 1.82) is 0 Å². The van der Waals surface area contributed by atoms with Crippen LogP contribution < -0.4 is 0 Å². The minimum Gasteiger partial charge on any atom is -0.166 e. The van der Waals surface area contributed by atoms with Gasteiger partial charge in [0.05, 0.1) is 5.56 Å². The molecule has 0 saturated heterocycles. The molecule has 0 fully saturated rings. The standard InChI is InChI=1S/C26H18F3PS/c27-26(28,29)19-14-11-18(12-15-19)13-16-23-21-8-4-9-22(21)25(24-10-5-17-31-24)30(23)20-6-2-1-3-7-20/h1-8,10-17H,9H2/b16-13+. The number of allylic oxidation sites excluding steroid dienone is 1. The summed E-state index contributed by atoms with van der Waals surface area (Å²) in [6.45, 7) is 0. The maximum Gasteiger partial charge on any atom is 0.416 e. The molecule has 0 bridgehead atoms. The molecule has 0 saturated carbocycles. The Morgan fingerprint density at radius 3 is 2.32 bits per heavy atom. The van der Waals surface area contributed by atoms with Gasteiger partial charge in [0.15, 0.2) is 0 Å². The number of rotatable bonds is 4. The molecule has 0 amide bonds. The predicted octanol–water partition coefficient (Wildman–Crippen LogP) is 9.15. The number of alkyl halides is 3. The van der Waals surface area contributed by atoms with Crippen LogP contribution in [0.3, 0.4) is 0 Å². The lowest BCUT2D eigenvalue weighted by molar-refractivity contribution is -0.137. The number of thiophene rings is 1. The first-order valence-electron chi connectivity index (χ1n) is 9.91. The molecular formula is C26H18F3PS. The quantitative estimate of drug-likeness (QED) is 0.291. The summed E-state index contributed by atoms with van der Waals surface area (Å²) < 4.78 is 38.6. The molecule has 1 aliphatic carbocycles. The van der Waals surface area contributed by atoms with Crippen molar-refractivity contribution >= 4 is 37.1 Å². The zero-order valence-corrected chi connectivity index (χ0v) is 18.1. The van der Waals surface area contributed by atoms with Crippen LogP contribution >= 0.6 is 18.9 Å². The SMILES string of the molecule is FC(F)(F)c1ccc(/C=C/c2c3c(c(-c4cccs4)p2-c2ccccc2)CC=C3)cc1. The minimum absolute atomic E-state index is 0.623. The number of fused-ring (bicyclic) bond motifs is 1. The Morgan fingerprint density at radius 2 is 1.65 bits per heavy atom. The van der Waals surface area contributed by atoms with E-state index in [4.69, 9.17) is 0 Å². The zero-order valence-electron chi connectivity index (χ0n) is 16.4. The fourth-order valence-corrected chi connectivity index (χ4v) is 7.81. The van der Waals surface area contributed by atoms with Crippen molar-refractivity contribution < 1.29 is 13.2 Å². The topological polar surface area (TPSA) is 0 Å². The molecule has 4 aromatic rings. The highest BCUT2D eigenvalue weighted by molar-refractivity contribution is 7.62. The fourth-order valence-electron chi connectivity index (χ4n) is 3.99. The molecule has 1 aliphatic rings.